The van der Waals surface area contributed by atoms with Gasteiger partial charge in [-0.05, 0) is 38.5 Å². The van der Waals surface area contributed by atoms with E-state index >= 15 is 0 Å². The minimum atomic E-state index is -5.13. The molecule has 0 spiro atoms. The summed E-state index contributed by atoms with van der Waals surface area (Å²) in [6.07, 6.45) is 44.5. The van der Waals surface area contributed by atoms with E-state index in [1.165, 1.54) is 148 Å². The van der Waals surface area contributed by atoms with Crippen LogP contribution in [-0.2, 0) is 51.6 Å². The molecule has 3 unspecified atom stereocenters. The zero-order valence-corrected chi connectivity index (χ0v) is 57.7. The average Bonchev–Trinajstić information content (AvgIpc) is 3.59. The molecular weight excluding hydrogens is 1150 g/mol. The van der Waals surface area contributed by atoms with Crippen LogP contribution in [0.2, 0.25) is 0 Å². The molecule has 0 bridgehead atoms. The summed E-state index contributed by atoms with van der Waals surface area (Å²) in [5, 5.41) is 27.3. The highest BCUT2D eigenvalue weighted by molar-refractivity contribution is 7.51. The Morgan fingerprint density at radius 3 is 0.920 bits per heavy atom. The molecular formula is C67H132N2O16P2. The highest BCUT2D eigenvalue weighted by Crippen LogP contribution is 2.40. The third-order valence-corrected chi connectivity index (χ3v) is 17.7. The monoisotopic (exact) mass is 1280 g/mol. The van der Waals surface area contributed by atoms with Gasteiger partial charge in [-0.2, -0.15) is 0 Å². The van der Waals surface area contributed by atoms with Crippen molar-refractivity contribution in [1.82, 2.24) is 10.6 Å². The number of hydrogen-bond acceptors (Lipinski definition) is 13. The molecule has 2 amide bonds. The fourth-order valence-electron chi connectivity index (χ4n) is 10.8. The maximum Gasteiger partial charge on any atom is 0.469 e. The number of esters is 2. The van der Waals surface area contributed by atoms with Crippen LogP contribution in [0.5, 0.6) is 0 Å². The Labute approximate surface area is 529 Å². The van der Waals surface area contributed by atoms with E-state index in [0.29, 0.717) is 25.7 Å². The summed E-state index contributed by atoms with van der Waals surface area (Å²) in [7, 11) is -9.28. The zero-order valence-electron chi connectivity index (χ0n) is 56.0. The number of ether oxygens (including phenoxy) is 3. The molecule has 0 aliphatic rings. The number of aliphatic hydroxyl groups excluding tert-OH is 2. The predicted octanol–water partition coefficient (Wildman–Crippen LogP) is 16.0. The predicted molar refractivity (Wildman–Crippen MR) is 350 cm³/mol. The van der Waals surface area contributed by atoms with Crippen LogP contribution in [-0.4, -0.2) is 120 Å². The maximum atomic E-state index is 13.8. The Kier molecular flexibility index (Phi) is 55.5. The lowest BCUT2D eigenvalue weighted by Gasteiger charge is -2.36. The highest BCUT2D eigenvalue weighted by atomic mass is 31.2. The molecule has 7 N–H and O–H groups in total. The lowest BCUT2D eigenvalue weighted by atomic mass is 9.89. The number of rotatable bonds is 66. The van der Waals surface area contributed by atoms with Gasteiger partial charge in [-0.25, -0.2) is 4.57 Å². The van der Waals surface area contributed by atoms with Crippen LogP contribution >= 0.6 is 15.4 Å². The van der Waals surface area contributed by atoms with Crippen LogP contribution < -0.4 is 10.6 Å². The van der Waals surface area contributed by atoms with Crippen molar-refractivity contribution >= 4 is 39.2 Å². The summed E-state index contributed by atoms with van der Waals surface area (Å²) in [6.45, 7) is 5.16. The molecule has 0 aliphatic heterocycles. The van der Waals surface area contributed by atoms with Gasteiger partial charge in [0.25, 0.3) is 0 Å². The van der Waals surface area contributed by atoms with Gasteiger partial charge in [0.1, 0.15) is 12.2 Å². The summed E-state index contributed by atoms with van der Waals surface area (Å²) in [5.74, 6) is -1.77. The standard InChI is InChI=1S/C67H132N2O16P2/c1-6-10-14-18-22-26-28-32-36-40-44-48-64(74)84-60(46-42-38-34-30-24-20-16-12-8-3)50-62(72)68-52-66(54-70,58-82-86(5,76)77)56-81-57-67(55-71,59-83-87(78,79)80)53-69-63(73)51-61(47-43-39-35-31-25-21-17-13-9-4)85-65(75)49-45-41-37-33-29-27-23-19-15-11-7-2/h60-61,70-71H,6-59H2,1-5H3,(H,68,72)(H,69,73)(H,76,77)(H2,78,79,80)/t60-,61-,66?,67?/m1/s1. The number of unbranched alkanes of at least 4 members (excludes halogenated alkanes) is 36. The fraction of sp³-hybridized carbons (Fsp3) is 0.940. The average molecular weight is 1280 g/mol. The molecule has 0 saturated carbocycles. The number of carbonyl (C=O) groups excluding carboxylic acids is 4. The number of phosphoric acid groups is 1. The molecule has 0 aromatic heterocycles. The first-order valence-corrected chi connectivity index (χ1v) is 38.7. The van der Waals surface area contributed by atoms with E-state index in [0.717, 1.165) is 103 Å². The Morgan fingerprint density at radius 2 is 0.655 bits per heavy atom. The van der Waals surface area contributed by atoms with Gasteiger partial charge in [-0.15, -0.1) is 0 Å². The molecule has 0 rings (SSSR count). The Morgan fingerprint density at radius 1 is 0.391 bits per heavy atom. The number of nitrogens with one attached hydrogen (secondary N) is 2. The van der Waals surface area contributed by atoms with E-state index in [9.17, 15) is 53.2 Å². The highest BCUT2D eigenvalue weighted by Gasteiger charge is 2.38. The summed E-state index contributed by atoms with van der Waals surface area (Å²) in [5.41, 5.74) is -3.26. The van der Waals surface area contributed by atoms with E-state index in [-0.39, 0.29) is 44.2 Å². The van der Waals surface area contributed by atoms with Gasteiger partial charge in [0.15, 0.2) is 0 Å². The zero-order chi connectivity index (χ0) is 64.6. The quantitative estimate of drug-likeness (QED) is 0.0169. The van der Waals surface area contributed by atoms with Crippen molar-refractivity contribution in [2.45, 2.75) is 335 Å². The molecule has 0 fully saturated rings. The summed E-state index contributed by atoms with van der Waals surface area (Å²) >= 11 is 0. The van der Waals surface area contributed by atoms with Crippen LogP contribution in [0.15, 0.2) is 0 Å². The van der Waals surface area contributed by atoms with Crippen molar-refractivity contribution in [3.8, 4) is 0 Å². The van der Waals surface area contributed by atoms with E-state index in [1.54, 1.807) is 0 Å². The first-order chi connectivity index (χ1) is 41.8. The molecule has 0 aromatic rings. The second-order valence-electron chi connectivity index (χ2n) is 25.6. The molecule has 0 heterocycles. The van der Waals surface area contributed by atoms with Crippen molar-refractivity contribution < 1.29 is 76.5 Å². The molecule has 0 radical (unpaired) electrons. The van der Waals surface area contributed by atoms with Gasteiger partial charge in [0.2, 0.25) is 11.8 Å². The molecule has 0 aliphatic carbocycles. The van der Waals surface area contributed by atoms with Crippen LogP contribution in [0.1, 0.15) is 323 Å². The number of hydrogen-bond donors (Lipinski definition) is 7. The van der Waals surface area contributed by atoms with Crippen molar-refractivity contribution in [2.75, 3.05) is 59.4 Å². The smallest absolute Gasteiger partial charge is 0.462 e. The van der Waals surface area contributed by atoms with Gasteiger partial charge in [0, 0.05) is 32.6 Å². The van der Waals surface area contributed by atoms with Crippen LogP contribution in [0.4, 0.5) is 0 Å². The fourth-order valence-corrected chi connectivity index (χ4v) is 11.8. The molecule has 5 atom stereocenters. The Bertz CT molecular complexity index is 1630. The minimum absolute atomic E-state index is 0.164. The van der Waals surface area contributed by atoms with Crippen molar-refractivity contribution in [2.24, 2.45) is 10.8 Å². The van der Waals surface area contributed by atoms with E-state index < -0.39 is 96.5 Å². The number of amides is 2. The summed E-state index contributed by atoms with van der Waals surface area (Å²) < 4.78 is 52.7. The van der Waals surface area contributed by atoms with Crippen molar-refractivity contribution in [1.29, 1.82) is 0 Å². The maximum absolute atomic E-state index is 13.8. The minimum Gasteiger partial charge on any atom is -0.462 e. The molecule has 87 heavy (non-hydrogen) atoms. The van der Waals surface area contributed by atoms with Gasteiger partial charge in [0.05, 0.1) is 63.3 Å². The van der Waals surface area contributed by atoms with Gasteiger partial charge in [-0.1, -0.05) is 259 Å². The van der Waals surface area contributed by atoms with E-state index in [2.05, 4.69) is 38.3 Å². The lowest BCUT2D eigenvalue weighted by molar-refractivity contribution is -0.152. The molecule has 18 nitrogen and oxygen atoms in total. The van der Waals surface area contributed by atoms with Crippen molar-refractivity contribution in [3.63, 3.8) is 0 Å². The van der Waals surface area contributed by atoms with Crippen LogP contribution in [0, 0.1) is 10.8 Å². The van der Waals surface area contributed by atoms with Crippen molar-refractivity contribution in [3.05, 3.63) is 0 Å². The third kappa shape index (κ3) is 54.3. The first kappa shape index (κ1) is 85.0. The Hall–Kier alpha value is -1.98. The SMILES string of the molecule is CCCCCCCCCCCCCC(=O)O[C@H](CCCCCCCCCCC)CC(=O)NCC(CO)(COCC(CO)(CNC(=O)C[C@@H](CCCCCCCCCCC)OC(=O)CCCCCCCCCCCCC)COP(=O)(O)O)COP(C)(=O)O. The largest absolute Gasteiger partial charge is 0.469 e. The topological polar surface area (TPSA) is 274 Å². The molecule has 0 saturated heterocycles. The number of aliphatic hydroxyl groups is 2. The number of phosphoric ester groups is 1. The molecule has 20 heteroatoms. The van der Waals surface area contributed by atoms with Gasteiger partial charge >= 0.3 is 27.4 Å². The number of carbonyl (C=O) groups is 4. The third-order valence-electron chi connectivity index (χ3n) is 16.6. The van der Waals surface area contributed by atoms with E-state index in [1.807, 2.05) is 0 Å². The normalized spacial score (nSPS) is 14.6. The first-order valence-electron chi connectivity index (χ1n) is 35.2. The van der Waals surface area contributed by atoms with Gasteiger partial charge < -0.3 is 54.3 Å². The van der Waals surface area contributed by atoms with Gasteiger partial charge in [-0.3, -0.25) is 28.3 Å². The van der Waals surface area contributed by atoms with E-state index in [4.69, 9.17) is 23.3 Å². The second kappa shape index (κ2) is 56.7. The molecule has 0 aromatic carbocycles. The lowest BCUT2D eigenvalue weighted by Crippen LogP contribution is -2.50. The summed E-state index contributed by atoms with van der Waals surface area (Å²) in [6, 6.07) is 0. The second-order valence-corrected chi connectivity index (χ2v) is 28.7. The summed E-state index contributed by atoms with van der Waals surface area (Å²) in [4.78, 5) is 83.6. The molecule has 516 valence electrons. The van der Waals surface area contributed by atoms with Crippen LogP contribution in [0.25, 0.3) is 0 Å². The van der Waals surface area contributed by atoms with Crippen LogP contribution in [0.3, 0.4) is 0 Å². The Balaban J connectivity index is 6.05.